The standard InChI is InChI=1S/C11H13IN4O2S/c12-9-3-5-10(6-4-9)19(17,18)15-7-1-2-11-13-8-14-16-11/h3-6,8,15H,1-2,7H2,(H,13,14,16). The van der Waals surface area contributed by atoms with E-state index in [4.69, 9.17) is 0 Å². The van der Waals surface area contributed by atoms with E-state index >= 15 is 0 Å². The molecular formula is C11H13IN4O2S. The maximum Gasteiger partial charge on any atom is 0.240 e. The number of sulfonamides is 1. The molecule has 1 aromatic carbocycles. The molecule has 0 aliphatic rings. The number of benzene rings is 1. The van der Waals surface area contributed by atoms with Crippen molar-refractivity contribution < 1.29 is 8.42 Å². The van der Waals surface area contributed by atoms with Gasteiger partial charge in [-0.3, -0.25) is 5.10 Å². The molecule has 2 rings (SSSR count). The minimum absolute atomic E-state index is 0.285. The van der Waals surface area contributed by atoms with Crippen LogP contribution in [0.15, 0.2) is 35.5 Å². The van der Waals surface area contributed by atoms with Crippen molar-refractivity contribution in [3.63, 3.8) is 0 Å². The third-order valence-corrected chi connectivity index (χ3v) is 4.67. The van der Waals surface area contributed by atoms with E-state index in [0.29, 0.717) is 19.4 Å². The van der Waals surface area contributed by atoms with Crippen molar-refractivity contribution in [2.45, 2.75) is 17.7 Å². The lowest BCUT2D eigenvalue weighted by atomic mass is 10.3. The Morgan fingerprint density at radius 2 is 2.00 bits per heavy atom. The topological polar surface area (TPSA) is 87.7 Å². The molecule has 0 aliphatic heterocycles. The van der Waals surface area contributed by atoms with Crippen molar-refractivity contribution in [2.24, 2.45) is 0 Å². The van der Waals surface area contributed by atoms with Crippen LogP contribution in [0.4, 0.5) is 0 Å². The van der Waals surface area contributed by atoms with Crippen molar-refractivity contribution in [3.8, 4) is 0 Å². The normalized spacial score (nSPS) is 11.6. The summed E-state index contributed by atoms with van der Waals surface area (Å²) < 4.78 is 27.5. The lowest BCUT2D eigenvalue weighted by molar-refractivity contribution is 0.578. The number of aromatic amines is 1. The number of rotatable bonds is 6. The highest BCUT2D eigenvalue weighted by molar-refractivity contribution is 14.1. The molecule has 1 heterocycles. The van der Waals surface area contributed by atoms with Gasteiger partial charge in [0.1, 0.15) is 12.2 Å². The van der Waals surface area contributed by atoms with Gasteiger partial charge in [0, 0.05) is 16.5 Å². The van der Waals surface area contributed by atoms with E-state index in [9.17, 15) is 8.42 Å². The van der Waals surface area contributed by atoms with Gasteiger partial charge in [-0.2, -0.15) is 5.10 Å². The van der Waals surface area contributed by atoms with Gasteiger partial charge in [-0.05, 0) is 53.3 Å². The van der Waals surface area contributed by atoms with E-state index in [1.165, 1.54) is 6.33 Å². The summed E-state index contributed by atoms with van der Waals surface area (Å²) in [5.74, 6) is 0.758. The number of nitrogens with one attached hydrogen (secondary N) is 2. The molecule has 1 aromatic heterocycles. The van der Waals surface area contributed by atoms with Crippen LogP contribution in [0.3, 0.4) is 0 Å². The van der Waals surface area contributed by atoms with Crippen molar-refractivity contribution in [1.82, 2.24) is 19.9 Å². The second-order valence-corrected chi connectivity index (χ2v) is 6.90. The third-order valence-electron chi connectivity index (χ3n) is 2.47. The second-order valence-electron chi connectivity index (χ2n) is 3.89. The molecule has 102 valence electrons. The maximum absolute atomic E-state index is 12.0. The number of hydrogen-bond donors (Lipinski definition) is 2. The van der Waals surface area contributed by atoms with Gasteiger partial charge in [-0.25, -0.2) is 18.1 Å². The molecule has 2 N–H and O–H groups in total. The maximum atomic E-state index is 12.0. The summed E-state index contributed by atoms with van der Waals surface area (Å²) in [7, 11) is -3.42. The van der Waals surface area contributed by atoms with Crippen LogP contribution in [0.1, 0.15) is 12.2 Å². The van der Waals surface area contributed by atoms with E-state index in [-0.39, 0.29) is 4.90 Å². The van der Waals surface area contributed by atoms with Gasteiger partial charge in [0.25, 0.3) is 0 Å². The lowest BCUT2D eigenvalue weighted by Crippen LogP contribution is -2.25. The van der Waals surface area contributed by atoms with Gasteiger partial charge in [-0.15, -0.1) is 0 Å². The molecule has 0 amide bonds. The molecule has 0 unspecified atom stereocenters. The first-order valence-electron chi connectivity index (χ1n) is 5.67. The first-order valence-corrected chi connectivity index (χ1v) is 8.23. The molecule has 0 fully saturated rings. The molecule has 0 bridgehead atoms. The fourth-order valence-electron chi connectivity index (χ4n) is 1.51. The summed E-state index contributed by atoms with van der Waals surface area (Å²) in [4.78, 5) is 4.26. The van der Waals surface area contributed by atoms with Gasteiger partial charge in [0.2, 0.25) is 10.0 Å². The zero-order valence-corrected chi connectivity index (χ0v) is 13.0. The molecule has 0 saturated carbocycles. The van der Waals surface area contributed by atoms with Crippen LogP contribution in [0, 0.1) is 3.57 Å². The fraction of sp³-hybridized carbons (Fsp3) is 0.273. The van der Waals surface area contributed by atoms with E-state index in [2.05, 4.69) is 42.5 Å². The van der Waals surface area contributed by atoms with Crippen molar-refractivity contribution in [1.29, 1.82) is 0 Å². The van der Waals surface area contributed by atoms with E-state index in [1.807, 2.05) is 0 Å². The first-order chi connectivity index (χ1) is 9.08. The van der Waals surface area contributed by atoms with Crippen LogP contribution in [-0.4, -0.2) is 30.1 Å². The number of aryl methyl sites for hydroxylation is 1. The van der Waals surface area contributed by atoms with Crippen LogP contribution in [0.5, 0.6) is 0 Å². The van der Waals surface area contributed by atoms with Gasteiger partial charge >= 0.3 is 0 Å². The lowest BCUT2D eigenvalue weighted by Gasteiger charge is -2.06. The minimum Gasteiger partial charge on any atom is -0.263 e. The Morgan fingerprint density at radius 1 is 1.26 bits per heavy atom. The summed E-state index contributed by atoms with van der Waals surface area (Å²) in [5, 5.41) is 6.46. The molecule has 0 atom stereocenters. The van der Waals surface area contributed by atoms with Crippen LogP contribution in [0.2, 0.25) is 0 Å². The molecule has 2 aromatic rings. The van der Waals surface area contributed by atoms with Gasteiger partial charge < -0.3 is 0 Å². The summed E-state index contributed by atoms with van der Waals surface area (Å²) in [6, 6.07) is 6.73. The van der Waals surface area contributed by atoms with Gasteiger partial charge in [0.05, 0.1) is 4.90 Å². The Labute approximate surface area is 125 Å². The highest BCUT2D eigenvalue weighted by Crippen LogP contribution is 2.11. The smallest absolute Gasteiger partial charge is 0.240 e. The van der Waals surface area contributed by atoms with Crippen LogP contribution < -0.4 is 4.72 Å². The van der Waals surface area contributed by atoms with Crippen molar-refractivity contribution in [2.75, 3.05) is 6.54 Å². The Bertz CT molecular complexity index is 611. The largest absolute Gasteiger partial charge is 0.263 e. The van der Waals surface area contributed by atoms with E-state index < -0.39 is 10.0 Å². The van der Waals surface area contributed by atoms with Crippen LogP contribution in [0.25, 0.3) is 0 Å². The number of aromatic nitrogens is 3. The first kappa shape index (κ1) is 14.4. The minimum atomic E-state index is -3.42. The Kier molecular flexibility index (Phi) is 4.88. The zero-order chi connectivity index (χ0) is 13.7. The molecule has 0 radical (unpaired) electrons. The monoisotopic (exact) mass is 392 g/mol. The molecular weight excluding hydrogens is 379 g/mol. The summed E-state index contributed by atoms with van der Waals surface area (Å²) in [6.07, 6.45) is 2.76. The van der Waals surface area contributed by atoms with Crippen molar-refractivity contribution >= 4 is 32.6 Å². The predicted octanol–water partition coefficient (Wildman–Crippen LogP) is 1.32. The summed E-state index contributed by atoms with van der Waals surface area (Å²) in [6.45, 7) is 0.370. The molecule has 8 heteroatoms. The number of hydrogen-bond acceptors (Lipinski definition) is 4. The van der Waals surface area contributed by atoms with E-state index in [1.54, 1.807) is 24.3 Å². The quantitative estimate of drug-likeness (QED) is 0.574. The van der Waals surface area contributed by atoms with Crippen LogP contribution in [-0.2, 0) is 16.4 Å². The predicted molar refractivity (Wildman–Crippen MR) is 79.1 cm³/mol. The van der Waals surface area contributed by atoms with Gasteiger partial charge in [-0.1, -0.05) is 0 Å². The second kappa shape index (κ2) is 6.44. The summed E-state index contributed by atoms with van der Waals surface area (Å²) >= 11 is 2.13. The molecule has 6 nitrogen and oxygen atoms in total. The molecule has 0 saturated heterocycles. The average molecular weight is 392 g/mol. The number of nitrogens with zero attached hydrogens (tertiary/aromatic N) is 2. The number of H-pyrrole nitrogens is 1. The Hall–Kier alpha value is -1.000. The SMILES string of the molecule is O=S(=O)(NCCCc1ncn[nH]1)c1ccc(I)cc1. The molecule has 19 heavy (non-hydrogen) atoms. The average Bonchev–Trinajstić information content (AvgIpc) is 2.88. The van der Waals surface area contributed by atoms with Gasteiger partial charge in [0.15, 0.2) is 0 Å². The van der Waals surface area contributed by atoms with Crippen molar-refractivity contribution in [3.05, 3.63) is 40.0 Å². The van der Waals surface area contributed by atoms with Crippen LogP contribution >= 0.6 is 22.6 Å². The third kappa shape index (κ3) is 4.25. The summed E-state index contributed by atoms with van der Waals surface area (Å²) in [5.41, 5.74) is 0. The highest BCUT2D eigenvalue weighted by Gasteiger charge is 2.12. The molecule has 0 spiro atoms. The number of halogens is 1. The fourth-order valence-corrected chi connectivity index (χ4v) is 2.94. The highest BCUT2D eigenvalue weighted by atomic mass is 127. The Balaban J connectivity index is 1.86. The zero-order valence-electron chi connectivity index (χ0n) is 10.0. The Morgan fingerprint density at radius 3 is 2.63 bits per heavy atom. The molecule has 0 aliphatic carbocycles. The van der Waals surface area contributed by atoms with E-state index in [0.717, 1.165) is 9.39 Å².